The minimum Gasteiger partial charge on any atom is -0.371 e. The van der Waals surface area contributed by atoms with Crippen molar-refractivity contribution in [1.29, 1.82) is 0 Å². The van der Waals surface area contributed by atoms with E-state index >= 15 is 0 Å². The first-order chi connectivity index (χ1) is 13.2. The molecule has 0 saturated carbocycles. The highest BCUT2D eigenvalue weighted by Gasteiger charge is 2.24. The number of ether oxygens (including phenoxy) is 1. The Balaban J connectivity index is 1.37. The molecule has 3 heterocycles. The van der Waals surface area contributed by atoms with Gasteiger partial charge >= 0.3 is 0 Å². The fourth-order valence-electron chi connectivity index (χ4n) is 4.03. The van der Waals surface area contributed by atoms with Crippen molar-refractivity contribution < 1.29 is 4.74 Å². The van der Waals surface area contributed by atoms with Crippen LogP contribution in [0.5, 0.6) is 0 Å². The summed E-state index contributed by atoms with van der Waals surface area (Å²) in [6.45, 7) is 4.93. The second kappa shape index (κ2) is 6.48. The number of aromatic nitrogens is 4. The first kappa shape index (κ1) is 16.5. The van der Waals surface area contributed by atoms with Crippen molar-refractivity contribution in [2.24, 2.45) is 7.05 Å². The lowest BCUT2D eigenvalue weighted by Crippen LogP contribution is -2.33. The molecule has 2 aromatic carbocycles. The molecule has 1 aliphatic rings. The van der Waals surface area contributed by atoms with Crippen molar-refractivity contribution >= 4 is 22.1 Å². The standard InChI is InChI=1S/C21H23N5O/c1-14-6-5-9-18-21(14)24-20-13-27-12-15(26(18)20)10-22-11-19-23-16-7-3-4-8-17(16)25(19)2/h3-9,15,22H,10-13H2,1-2H3/t15-/m0/s1. The Hall–Kier alpha value is -2.70. The van der Waals surface area contributed by atoms with Gasteiger partial charge in [0.2, 0.25) is 0 Å². The molecule has 0 bridgehead atoms. The molecule has 4 aromatic rings. The molecular formula is C21H23N5O. The van der Waals surface area contributed by atoms with Crippen molar-refractivity contribution in [3.63, 3.8) is 0 Å². The van der Waals surface area contributed by atoms with Gasteiger partial charge in [0.15, 0.2) is 0 Å². The van der Waals surface area contributed by atoms with E-state index in [2.05, 4.69) is 58.8 Å². The number of rotatable bonds is 4. The average molecular weight is 361 g/mol. The minimum atomic E-state index is 0.232. The van der Waals surface area contributed by atoms with Crippen LogP contribution >= 0.6 is 0 Å². The molecule has 6 heteroatoms. The predicted molar refractivity (Wildman–Crippen MR) is 106 cm³/mol. The summed E-state index contributed by atoms with van der Waals surface area (Å²) in [4.78, 5) is 9.55. The van der Waals surface area contributed by atoms with Crippen molar-refractivity contribution in [2.45, 2.75) is 26.1 Å². The van der Waals surface area contributed by atoms with Crippen LogP contribution in [0.1, 0.15) is 23.3 Å². The SMILES string of the molecule is Cc1cccc2c1nc1n2[C@@H](CNCc2nc3ccccc3n2C)COC1. The number of hydrogen-bond acceptors (Lipinski definition) is 4. The average Bonchev–Trinajstić information content (AvgIpc) is 3.22. The van der Waals surface area contributed by atoms with Gasteiger partial charge in [-0.3, -0.25) is 0 Å². The molecule has 0 saturated heterocycles. The van der Waals surface area contributed by atoms with E-state index in [1.54, 1.807) is 0 Å². The van der Waals surface area contributed by atoms with E-state index in [1.165, 1.54) is 11.1 Å². The monoisotopic (exact) mass is 361 g/mol. The summed E-state index contributed by atoms with van der Waals surface area (Å²) in [5.41, 5.74) is 5.69. The number of nitrogens with one attached hydrogen (secondary N) is 1. The third-order valence-electron chi connectivity index (χ3n) is 5.44. The summed E-state index contributed by atoms with van der Waals surface area (Å²) in [5, 5.41) is 3.57. The van der Waals surface area contributed by atoms with Crippen molar-refractivity contribution in [3.8, 4) is 0 Å². The van der Waals surface area contributed by atoms with Gasteiger partial charge in [0.1, 0.15) is 18.3 Å². The van der Waals surface area contributed by atoms with Gasteiger partial charge in [0, 0.05) is 13.6 Å². The van der Waals surface area contributed by atoms with Gasteiger partial charge in [-0.05, 0) is 30.7 Å². The molecule has 1 aliphatic heterocycles. The summed E-state index contributed by atoms with van der Waals surface area (Å²) in [6, 6.07) is 14.8. The number of aryl methyl sites for hydroxylation is 2. The molecule has 27 heavy (non-hydrogen) atoms. The summed E-state index contributed by atoms with van der Waals surface area (Å²) in [5.74, 6) is 2.06. The highest BCUT2D eigenvalue weighted by Crippen LogP contribution is 2.27. The third kappa shape index (κ3) is 2.72. The van der Waals surface area contributed by atoms with Crippen LogP contribution in [0.25, 0.3) is 22.1 Å². The quantitative estimate of drug-likeness (QED) is 0.607. The van der Waals surface area contributed by atoms with Crippen LogP contribution in [0, 0.1) is 6.92 Å². The lowest BCUT2D eigenvalue weighted by Gasteiger charge is -2.26. The molecule has 0 radical (unpaired) electrons. The zero-order valence-electron chi connectivity index (χ0n) is 15.6. The lowest BCUT2D eigenvalue weighted by molar-refractivity contribution is 0.0563. The molecule has 0 spiro atoms. The molecule has 138 valence electrons. The number of benzene rings is 2. The minimum absolute atomic E-state index is 0.232. The van der Waals surface area contributed by atoms with E-state index in [1.807, 2.05) is 12.1 Å². The van der Waals surface area contributed by atoms with Crippen molar-refractivity contribution in [3.05, 3.63) is 59.7 Å². The second-order valence-electron chi connectivity index (χ2n) is 7.22. The van der Waals surface area contributed by atoms with E-state index in [-0.39, 0.29) is 6.04 Å². The number of para-hydroxylation sites is 3. The van der Waals surface area contributed by atoms with Gasteiger partial charge < -0.3 is 19.2 Å². The summed E-state index contributed by atoms with van der Waals surface area (Å²) >= 11 is 0. The zero-order valence-corrected chi connectivity index (χ0v) is 15.6. The Labute approximate surface area is 157 Å². The number of fused-ring (bicyclic) bond motifs is 4. The zero-order chi connectivity index (χ0) is 18.4. The van der Waals surface area contributed by atoms with Gasteiger partial charge in [-0.1, -0.05) is 24.3 Å². The summed E-state index contributed by atoms with van der Waals surface area (Å²) in [6.07, 6.45) is 0. The molecule has 0 fully saturated rings. The van der Waals surface area contributed by atoms with Crippen LogP contribution in [0.3, 0.4) is 0 Å². The molecular weight excluding hydrogens is 338 g/mol. The van der Waals surface area contributed by atoms with Crippen LogP contribution in [0.2, 0.25) is 0 Å². The molecule has 0 amide bonds. The van der Waals surface area contributed by atoms with Crippen molar-refractivity contribution in [2.75, 3.05) is 13.2 Å². The molecule has 1 N–H and O–H groups in total. The second-order valence-corrected chi connectivity index (χ2v) is 7.22. The Kier molecular flexibility index (Phi) is 3.95. The largest absolute Gasteiger partial charge is 0.371 e. The Morgan fingerprint density at radius 2 is 1.96 bits per heavy atom. The highest BCUT2D eigenvalue weighted by molar-refractivity contribution is 5.79. The number of hydrogen-bond donors (Lipinski definition) is 1. The first-order valence-corrected chi connectivity index (χ1v) is 9.37. The molecule has 0 unspecified atom stereocenters. The van der Waals surface area contributed by atoms with E-state index in [9.17, 15) is 0 Å². The number of nitrogens with zero attached hydrogens (tertiary/aromatic N) is 4. The summed E-state index contributed by atoms with van der Waals surface area (Å²) < 4.78 is 10.3. The van der Waals surface area contributed by atoms with Crippen LogP contribution in [0.4, 0.5) is 0 Å². The van der Waals surface area contributed by atoms with Gasteiger partial charge in [-0.25, -0.2) is 9.97 Å². The molecule has 1 atom stereocenters. The highest BCUT2D eigenvalue weighted by atomic mass is 16.5. The number of imidazole rings is 2. The van der Waals surface area contributed by atoms with E-state index < -0.39 is 0 Å². The van der Waals surface area contributed by atoms with E-state index in [4.69, 9.17) is 14.7 Å². The maximum atomic E-state index is 5.81. The topological polar surface area (TPSA) is 56.9 Å². The van der Waals surface area contributed by atoms with Crippen LogP contribution in [0.15, 0.2) is 42.5 Å². The van der Waals surface area contributed by atoms with E-state index in [0.29, 0.717) is 13.2 Å². The van der Waals surface area contributed by atoms with E-state index in [0.717, 1.165) is 41.3 Å². The molecule has 5 rings (SSSR count). The predicted octanol–water partition coefficient (Wildman–Crippen LogP) is 3.09. The maximum Gasteiger partial charge on any atom is 0.136 e. The van der Waals surface area contributed by atoms with Crippen LogP contribution in [-0.4, -0.2) is 32.3 Å². The van der Waals surface area contributed by atoms with Gasteiger partial charge in [0.05, 0.1) is 41.3 Å². The van der Waals surface area contributed by atoms with Crippen molar-refractivity contribution in [1.82, 2.24) is 24.4 Å². The van der Waals surface area contributed by atoms with Gasteiger partial charge in [0.25, 0.3) is 0 Å². The Morgan fingerprint density at radius 3 is 2.85 bits per heavy atom. The van der Waals surface area contributed by atoms with Crippen LogP contribution < -0.4 is 5.32 Å². The van der Waals surface area contributed by atoms with Crippen LogP contribution in [-0.2, 0) is 24.9 Å². The maximum absolute atomic E-state index is 5.81. The first-order valence-electron chi connectivity index (χ1n) is 9.37. The third-order valence-corrected chi connectivity index (χ3v) is 5.44. The molecule has 6 nitrogen and oxygen atoms in total. The Bertz CT molecular complexity index is 1130. The Morgan fingerprint density at radius 1 is 1.11 bits per heavy atom. The normalized spacial score (nSPS) is 16.9. The molecule has 0 aliphatic carbocycles. The fraction of sp³-hybridized carbons (Fsp3) is 0.333. The van der Waals surface area contributed by atoms with Gasteiger partial charge in [-0.2, -0.15) is 0 Å². The van der Waals surface area contributed by atoms with Gasteiger partial charge in [-0.15, -0.1) is 0 Å². The summed E-state index contributed by atoms with van der Waals surface area (Å²) in [7, 11) is 2.07. The fourth-order valence-corrected chi connectivity index (χ4v) is 4.03. The molecule has 2 aromatic heterocycles. The smallest absolute Gasteiger partial charge is 0.136 e. The lowest BCUT2D eigenvalue weighted by atomic mass is 10.2.